The molecule has 1 aliphatic heterocycles. The van der Waals surface area contributed by atoms with E-state index < -0.39 is 5.54 Å². The number of aromatic nitrogens is 4. The molecule has 3 heterocycles. The van der Waals surface area contributed by atoms with E-state index in [0.717, 1.165) is 27.7 Å². The van der Waals surface area contributed by atoms with Crippen molar-refractivity contribution >= 4 is 29.1 Å². The number of carbonyl (C=O) groups excluding carboxylic acids is 1. The molecule has 3 aromatic rings. The van der Waals surface area contributed by atoms with Crippen LogP contribution < -0.4 is 4.90 Å². The second-order valence-electron chi connectivity index (χ2n) is 6.89. The summed E-state index contributed by atoms with van der Waals surface area (Å²) in [5.74, 6) is 1.46. The van der Waals surface area contributed by atoms with E-state index in [1.807, 2.05) is 50.1 Å². The van der Waals surface area contributed by atoms with Gasteiger partial charge in [0.1, 0.15) is 16.4 Å². The topological polar surface area (TPSA) is 71.9 Å². The molecule has 7 heteroatoms. The van der Waals surface area contributed by atoms with Crippen molar-refractivity contribution in [1.82, 2.24) is 19.9 Å². The van der Waals surface area contributed by atoms with Gasteiger partial charge in [-0.2, -0.15) is 0 Å². The molecule has 4 rings (SSSR count). The third-order valence-corrected chi connectivity index (χ3v) is 5.37. The summed E-state index contributed by atoms with van der Waals surface area (Å²) in [4.78, 5) is 32.5. The minimum Gasteiger partial charge on any atom is -0.311 e. The van der Waals surface area contributed by atoms with E-state index in [1.54, 1.807) is 24.8 Å². The molecule has 2 aromatic heterocycles. The van der Waals surface area contributed by atoms with Crippen LogP contribution in [0.2, 0.25) is 0 Å². The Balaban J connectivity index is 1.87. The zero-order chi connectivity index (χ0) is 19.2. The van der Waals surface area contributed by atoms with Crippen LogP contribution in [0.1, 0.15) is 30.0 Å². The molecule has 0 bridgehead atoms. The summed E-state index contributed by atoms with van der Waals surface area (Å²) in [6.07, 6.45) is 8.97. The van der Waals surface area contributed by atoms with E-state index in [4.69, 9.17) is 0 Å². The van der Waals surface area contributed by atoms with Crippen molar-refractivity contribution in [2.24, 2.45) is 0 Å². The van der Waals surface area contributed by atoms with E-state index in [9.17, 15) is 4.79 Å². The van der Waals surface area contributed by atoms with E-state index in [0.29, 0.717) is 11.4 Å². The number of nitrogens with zero attached hydrogens (tertiary/aromatic N) is 5. The summed E-state index contributed by atoms with van der Waals surface area (Å²) in [6.45, 7) is 5.68. The summed E-state index contributed by atoms with van der Waals surface area (Å²) >= 11 is 1.52. The van der Waals surface area contributed by atoms with E-state index in [1.165, 1.54) is 11.8 Å². The number of hydrogen-bond donors (Lipinski definition) is 0. The smallest absolute Gasteiger partial charge is 0.190 e. The molecule has 27 heavy (non-hydrogen) atoms. The molecule has 0 fully saturated rings. The molecule has 0 aliphatic carbocycles. The number of thioether (sulfide) groups is 1. The summed E-state index contributed by atoms with van der Waals surface area (Å²) in [7, 11) is 0. The molecule has 0 saturated carbocycles. The highest BCUT2D eigenvalue weighted by atomic mass is 32.2. The Morgan fingerprint density at radius 1 is 1.04 bits per heavy atom. The normalized spacial score (nSPS) is 15.1. The van der Waals surface area contributed by atoms with Crippen LogP contribution in [0.4, 0.5) is 11.5 Å². The Hall–Kier alpha value is -2.80. The first-order valence-electron chi connectivity index (χ1n) is 8.56. The SMILES string of the molecule is CSc1cncc(N2c3cc(-c4cnc(C)nc4)ccc3C(=O)C2(C)C)n1. The van der Waals surface area contributed by atoms with Crippen LogP contribution in [-0.2, 0) is 0 Å². The Bertz CT molecular complexity index is 1030. The van der Waals surface area contributed by atoms with Gasteiger partial charge in [0.25, 0.3) is 0 Å². The zero-order valence-electron chi connectivity index (χ0n) is 15.6. The predicted molar refractivity (Wildman–Crippen MR) is 107 cm³/mol. The van der Waals surface area contributed by atoms with E-state index >= 15 is 0 Å². The van der Waals surface area contributed by atoms with Gasteiger partial charge in [-0.3, -0.25) is 9.78 Å². The summed E-state index contributed by atoms with van der Waals surface area (Å²) in [5.41, 5.74) is 2.64. The average molecular weight is 377 g/mol. The second-order valence-corrected chi connectivity index (χ2v) is 7.72. The predicted octanol–water partition coefficient (Wildman–Crippen LogP) is 4.08. The highest BCUT2D eigenvalue weighted by molar-refractivity contribution is 7.98. The Morgan fingerprint density at radius 3 is 2.48 bits per heavy atom. The monoisotopic (exact) mass is 377 g/mol. The fourth-order valence-corrected chi connectivity index (χ4v) is 3.67. The second kappa shape index (κ2) is 6.42. The van der Waals surface area contributed by atoms with Crippen LogP contribution in [0, 0.1) is 6.92 Å². The molecule has 6 nitrogen and oxygen atoms in total. The minimum absolute atomic E-state index is 0.0700. The molecule has 0 spiro atoms. The van der Waals surface area contributed by atoms with Gasteiger partial charge in [-0.05, 0) is 44.7 Å². The van der Waals surface area contributed by atoms with Crippen LogP contribution in [0.15, 0.2) is 48.0 Å². The van der Waals surface area contributed by atoms with E-state index in [2.05, 4.69) is 19.9 Å². The lowest BCUT2D eigenvalue weighted by Gasteiger charge is -2.31. The molecule has 1 aromatic carbocycles. The lowest BCUT2D eigenvalue weighted by atomic mass is 9.97. The quantitative estimate of drug-likeness (QED) is 0.637. The number of fused-ring (bicyclic) bond motifs is 1. The number of ketones is 1. The van der Waals surface area contributed by atoms with Crippen molar-refractivity contribution in [3.05, 3.63) is 54.4 Å². The molecule has 1 aliphatic rings. The molecule has 0 atom stereocenters. The number of anilines is 2. The van der Waals surface area contributed by atoms with Gasteiger partial charge < -0.3 is 4.90 Å². The van der Waals surface area contributed by atoms with Gasteiger partial charge in [0.05, 0.1) is 18.1 Å². The number of benzene rings is 1. The molecular formula is C20H19N5OS. The lowest BCUT2D eigenvalue weighted by molar-refractivity contribution is 0.0929. The number of carbonyl (C=O) groups is 1. The first kappa shape index (κ1) is 17.6. The molecular weight excluding hydrogens is 358 g/mol. The molecule has 0 unspecified atom stereocenters. The van der Waals surface area contributed by atoms with Crippen molar-refractivity contribution in [3.8, 4) is 11.1 Å². The molecule has 0 radical (unpaired) electrons. The Morgan fingerprint density at radius 2 is 1.78 bits per heavy atom. The minimum atomic E-state index is -0.740. The summed E-state index contributed by atoms with van der Waals surface area (Å²) in [6, 6.07) is 5.82. The number of Topliss-reactive ketones (excluding diaryl/α,β-unsaturated/α-hetero) is 1. The zero-order valence-corrected chi connectivity index (χ0v) is 16.4. The lowest BCUT2D eigenvalue weighted by Crippen LogP contribution is -2.42. The summed E-state index contributed by atoms with van der Waals surface area (Å²) in [5, 5.41) is 0.812. The highest BCUT2D eigenvalue weighted by Crippen LogP contribution is 2.44. The molecule has 0 saturated heterocycles. The molecule has 136 valence electrons. The number of rotatable bonds is 3. The maximum atomic E-state index is 13.0. The fourth-order valence-electron chi connectivity index (χ4n) is 3.32. The summed E-state index contributed by atoms with van der Waals surface area (Å²) < 4.78 is 0. The average Bonchev–Trinajstić information content (AvgIpc) is 2.87. The van der Waals surface area contributed by atoms with E-state index in [-0.39, 0.29) is 5.78 Å². The van der Waals surface area contributed by atoms with Crippen molar-refractivity contribution in [3.63, 3.8) is 0 Å². The van der Waals surface area contributed by atoms with Crippen molar-refractivity contribution in [2.45, 2.75) is 31.3 Å². The standard InChI is InChI=1S/C20H19N5OS/c1-12-22-8-14(9-23-12)13-5-6-15-16(7-13)25(20(2,3)19(15)26)17-10-21-11-18(24-17)27-4/h5-11H,1-4H3. The van der Waals surface area contributed by atoms with Gasteiger partial charge in [-0.1, -0.05) is 6.07 Å². The number of aryl methyl sites for hydroxylation is 1. The largest absolute Gasteiger partial charge is 0.311 e. The highest BCUT2D eigenvalue weighted by Gasteiger charge is 2.45. The van der Waals surface area contributed by atoms with Crippen LogP contribution >= 0.6 is 11.8 Å². The Kier molecular flexibility index (Phi) is 4.19. The fraction of sp³-hybridized carbons (Fsp3) is 0.250. The van der Waals surface area contributed by atoms with Crippen LogP contribution in [0.25, 0.3) is 11.1 Å². The third kappa shape index (κ3) is 2.88. The first-order valence-corrected chi connectivity index (χ1v) is 9.78. The van der Waals surface area contributed by atoms with Gasteiger partial charge in [-0.25, -0.2) is 15.0 Å². The molecule has 0 N–H and O–H groups in total. The first-order chi connectivity index (χ1) is 12.9. The maximum absolute atomic E-state index is 13.0. The van der Waals surface area contributed by atoms with Crippen molar-refractivity contribution in [2.75, 3.05) is 11.2 Å². The van der Waals surface area contributed by atoms with Crippen molar-refractivity contribution < 1.29 is 4.79 Å². The van der Waals surface area contributed by atoms with Gasteiger partial charge in [0.15, 0.2) is 11.6 Å². The van der Waals surface area contributed by atoms with Gasteiger partial charge >= 0.3 is 0 Å². The van der Waals surface area contributed by atoms with Gasteiger partial charge in [0.2, 0.25) is 0 Å². The van der Waals surface area contributed by atoms with Gasteiger partial charge in [-0.15, -0.1) is 11.8 Å². The van der Waals surface area contributed by atoms with Crippen molar-refractivity contribution in [1.29, 1.82) is 0 Å². The van der Waals surface area contributed by atoms with Crippen LogP contribution in [-0.4, -0.2) is 37.5 Å². The third-order valence-electron chi connectivity index (χ3n) is 4.75. The van der Waals surface area contributed by atoms with Crippen LogP contribution in [0.3, 0.4) is 0 Å². The van der Waals surface area contributed by atoms with Gasteiger partial charge in [0, 0.05) is 23.5 Å². The molecule has 0 amide bonds. The van der Waals surface area contributed by atoms with Crippen LogP contribution in [0.5, 0.6) is 0 Å². The Labute approximate surface area is 162 Å². The number of hydrogen-bond acceptors (Lipinski definition) is 7. The maximum Gasteiger partial charge on any atom is 0.190 e.